The van der Waals surface area contributed by atoms with E-state index in [4.69, 9.17) is 0 Å². The van der Waals surface area contributed by atoms with Crippen molar-refractivity contribution in [3.8, 4) is 89.0 Å². The van der Waals surface area contributed by atoms with Gasteiger partial charge >= 0.3 is 0 Å². The molecular weight excluding hydrogens is 1590 g/mol. The van der Waals surface area contributed by atoms with Crippen molar-refractivity contribution < 1.29 is 0 Å². The summed E-state index contributed by atoms with van der Waals surface area (Å²) in [6.45, 7) is 0. The van der Waals surface area contributed by atoms with E-state index in [-0.39, 0.29) is 0 Å². The van der Waals surface area contributed by atoms with Crippen LogP contribution in [0.25, 0.3) is 143 Å². The Bertz CT molecular complexity index is 8120. The van der Waals surface area contributed by atoms with Crippen molar-refractivity contribution in [2.75, 3.05) is 9.80 Å². The maximum atomic E-state index is 2.50. The summed E-state index contributed by atoms with van der Waals surface area (Å²) >= 11 is 0. The fourth-order valence-corrected chi connectivity index (χ4v) is 22.0. The molecule has 2 aliphatic carbocycles. The van der Waals surface area contributed by atoms with Crippen molar-refractivity contribution >= 4 is 88.0 Å². The van der Waals surface area contributed by atoms with E-state index in [9.17, 15) is 0 Å². The quantitative estimate of drug-likeness (QED) is 0.0890. The second kappa shape index (κ2) is 33.3. The Kier molecular flexibility index (Phi) is 19.8. The van der Waals surface area contributed by atoms with Gasteiger partial charge in [0, 0.05) is 34.0 Å². The van der Waals surface area contributed by atoms with Crippen molar-refractivity contribution in [1.82, 2.24) is 0 Å². The molecule has 2 aliphatic rings. The van der Waals surface area contributed by atoms with Gasteiger partial charge in [0.2, 0.25) is 0 Å². The van der Waals surface area contributed by atoms with E-state index in [1.165, 1.54) is 187 Å². The predicted molar refractivity (Wildman–Crippen MR) is 557 cm³/mol. The van der Waals surface area contributed by atoms with Crippen LogP contribution in [0.5, 0.6) is 0 Å². The molecule has 0 fully saturated rings. The van der Waals surface area contributed by atoms with Crippen molar-refractivity contribution in [1.29, 1.82) is 0 Å². The molecular formula is C130H88N2. The SMILES string of the molecule is c1ccc(-c2c(-c3ccc(N(c4ccc(-c5cccc6ccccc56)cc4)c4ccc5c(c4)C(c4ccccc4)(c4ccccc4)c4ccccc4-5)cc3)ccc3ccccc23)cc1.c1ccc(-c2c(N(c3ccc(-c4c5ccccc5c(-c5ccccc5)c5ccccc45)cc3)c3ccc4c(c3)C(c3ccccc3)(c3ccccc3)c3ccccc3-4)ccc3ccccc23)cc1. The Hall–Kier alpha value is -17.0. The minimum absolute atomic E-state index is 0.512. The first-order valence-electron chi connectivity index (χ1n) is 45.8. The van der Waals surface area contributed by atoms with Crippen LogP contribution in [-0.4, -0.2) is 0 Å². The summed E-state index contributed by atoms with van der Waals surface area (Å²) in [7, 11) is 0. The molecule has 0 N–H and O–H groups in total. The second-order valence-electron chi connectivity index (χ2n) is 34.7. The van der Waals surface area contributed by atoms with E-state index in [2.05, 4.69) is 544 Å². The molecule has 0 unspecified atom stereocenters. The van der Waals surface area contributed by atoms with Gasteiger partial charge < -0.3 is 9.80 Å². The third-order valence-corrected chi connectivity index (χ3v) is 27.7. The van der Waals surface area contributed by atoms with E-state index in [1.807, 2.05) is 0 Å². The predicted octanol–water partition coefficient (Wildman–Crippen LogP) is 34.8. The van der Waals surface area contributed by atoms with Crippen LogP contribution in [0.3, 0.4) is 0 Å². The Balaban J connectivity index is 0.000000146. The summed E-state index contributed by atoms with van der Waals surface area (Å²) in [5, 5.41) is 12.4. The maximum Gasteiger partial charge on any atom is 0.0714 e. The lowest BCUT2D eigenvalue weighted by molar-refractivity contribution is 0.768. The van der Waals surface area contributed by atoms with E-state index in [1.54, 1.807) is 0 Å². The van der Waals surface area contributed by atoms with Crippen LogP contribution < -0.4 is 9.80 Å². The molecule has 0 aliphatic heterocycles. The van der Waals surface area contributed by atoms with Gasteiger partial charge in [-0.25, -0.2) is 0 Å². The van der Waals surface area contributed by atoms with Crippen LogP contribution in [0.4, 0.5) is 34.1 Å². The van der Waals surface area contributed by atoms with Gasteiger partial charge in [-0.1, -0.05) is 467 Å². The van der Waals surface area contributed by atoms with Crippen molar-refractivity contribution in [3.63, 3.8) is 0 Å². The highest BCUT2D eigenvalue weighted by atomic mass is 15.2. The van der Waals surface area contributed by atoms with E-state index in [0.717, 1.165) is 34.1 Å². The second-order valence-corrected chi connectivity index (χ2v) is 34.7. The lowest BCUT2D eigenvalue weighted by atomic mass is 9.67. The highest BCUT2D eigenvalue weighted by Crippen LogP contribution is 2.61. The number of benzene rings is 23. The normalized spacial score (nSPS) is 12.5. The molecule has 132 heavy (non-hydrogen) atoms. The summed E-state index contributed by atoms with van der Waals surface area (Å²) in [6.07, 6.45) is 0. The molecule has 618 valence electrons. The molecule has 25 rings (SSSR count). The fraction of sp³-hybridized carbons (Fsp3) is 0.0154. The molecule has 23 aromatic rings. The number of hydrogen-bond acceptors (Lipinski definition) is 2. The molecule has 2 nitrogen and oxygen atoms in total. The molecule has 0 saturated carbocycles. The number of anilines is 6. The zero-order valence-electron chi connectivity index (χ0n) is 72.7. The number of hydrogen-bond donors (Lipinski definition) is 0. The zero-order valence-corrected chi connectivity index (χ0v) is 72.7. The Morgan fingerprint density at radius 3 is 0.848 bits per heavy atom. The van der Waals surface area contributed by atoms with Crippen LogP contribution in [-0.2, 0) is 10.8 Å². The first-order valence-corrected chi connectivity index (χ1v) is 45.8. The van der Waals surface area contributed by atoms with Crippen LogP contribution in [0.1, 0.15) is 44.5 Å². The molecule has 0 amide bonds. The third kappa shape index (κ3) is 13.2. The minimum atomic E-state index is -0.542. The smallest absolute Gasteiger partial charge is 0.0714 e. The fourth-order valence-electron chi connectivity index (χ4n) is 22.0. The van der Waals surface area contributed by atoms with Gasteiger partial charge in [-0.05, 0) is 249 Å². The number of rotatable bonds is 16. The van der Waals surface area contributed by atoms with Crippen LogP contribution >= 0.6 is 0 Å². The number of fused-ring (bicyclic) bond motifs is 11. The van der Waals surface area contributed by atoms with E-state index in [0.29, 0.717) is 0 Å². The van der Waals surface area contributed by atoms with Crippen molar-refractivity contribution in [2.45, 2.75) is 10.8 Å². The van der Waals surface area contributed by atoms with Crippen LogP contribution in [0.2, 0.25) is 0 Å². The Morgan fingerprint density at radius 2 is 0.409 bits per heavy atom. The lowest BCUT2D eigenvalue weighted by Crippen LogP contribution is -2.28. The molecule has 0 bridgehead atoms. The van der Waals surface area contributed by atoms with Crippen molar-refractivity contribution in [2.24, 2.45) is 0 Å². The molecule has 0 atom stereocenters. The Morgan fingerprint density at radius 1 is 0.136 bits per heavy atom. The van der Waals surface area contributed by atoms with Gasteiger partial charge in [-0.2, -0.15) is 0 Å². The topological polar surface area (TPSA) is 6.48 Å². The zero-order chi connectivity index (χ0) is 87.5. The van der Waals surface area contributed by atoms with Gasteiger partial charge in [0.1, 0.15) is 0 Å². The molecule has 2 heteroatoms. The molecule has 0 aromatic heterocycles. The van der Waals surface area contributed by atoms with E-state index < -0.39 is 10.8 Å². The minimum Gasteiger partial charge on any atom is -0.310 e. The average molecular weight is 1680 g/mol. The largest absolute Gasteiger partial charge is 0.310 e. The summed E-state index contributed by atoms with van der Waals surface area (Å²) in [5.74, 6) is 0. The first-order chi connectivity index (χ1) is 65.5. The summed E-state index contributed by atoms with van der Waals surface area (Å²) in [6, 6.07) is 197. The Labute approximate surface area is 770 Å². The number of nitrogens with zero attached hydrogens (tertiary/aromatic N) is 2. The molecule has 0 spiro atoms. The molecule has 0 heterocycles. The van der Waals surface area contributed by atoms with Crippen LogP contribution in [0, 0.1) is 0 Å². The van der Waals surface area contributed by atoms with E-state index >= 15 is 0 Å². The monoisotopic (exact) mass is 1680 g/mol. The average Bonchev–Trinajstić information content (AvgIpc) is 1.55. The maximum absolute atomic E-state index is 2.50. The van der Waals surface area contributed by atoms with Gasteiger partial charge in [-0.15, -0.1) is 0 Å². The molecule has 0 radical (unpaired) electrons. The lowest BCUT2D eigenvalue weighted by Gasteiger charge is -2.35. The third-order valence-electron chi connectivity index (χ3n) is 27.7. The summed E-state index contributed by atoms with van der Waals surface area (Å²) < 4.78 is 0. The van der Waals surface area contributed by atoms with Gasteiger partial charge in [0.15, 0.2) is 0 Å². The molecule has 23 aromatic carbocycles. The summed E-state index contributed by atoms with van der Waals surface area (Å²) in [4.78, 5) is 4.93. The van der Waals surface area contributed by atoms with Crippen molar-refractivity contribution in [3.05, 3.63) is 578 Å². The van der Waals surface area contributed by atoms with Gasteiger partial charge in [0.25, 0.3) is 0 Å². The highest BCUT2D eigenvalue weighted by molar-refractivity contribution is 6.22. The van der Waals surface area contributed by atoms with Crippen LogP contribution in [0.15, 0.2) is 534 Å². The van der Waals surface area contributed by atoms with Gasteiger partial charge in [-0.3, -0.25) is 0 Å². The molecule has 0 saturated heterocycles. The summed E-state index contributed by atoms with van der Waals surface area (Å²) in [5.41, 5.74) is 35.3. The standard InChI is InChI=1S/C67H45N.C63H43N/c1-5-22-47(23-6-1)64-57-32-15-17-34-59(57)65(60-35-18-16-33-58(60)64)49-37-40-52(41-38-49)68(63-44-39-46-21-13-14-30-54(46)66(63)48-24-7-2-8-25-48)53-42-43-56-55-31-19-20-36-61(55)67(62(56)45-53,50-26-9-3-10-27-50)51-28-11-4-12-29-51;1-4-19-48(20-5-1)62-56-27-13-11-18-45(56)35-41-57(62)47-33-38-52(39-34-47)64(51-36-31-46(32-37-51)55-29-16-21-44-17-10-12-26-54(44)55)53-40-42-59-58-28-14-15-30-60(58)63(61(59)43-53,49-22-6-2-7-23-49)50-24-8-3-9-25-50/h1-45H;1-43H. The highest BCUT2D eigenvalue weighted by Gasteiger charge is 2.48. The first kappa shape index (κ1) is 78.4. The van der Waals surface area contributed by atoms with Gasteiger partial charge in [0.05, 0.1) is 16.5 Å².